The average molecular weight is 429 g/mol. The van der Waals surface area contributed by atoms with E-state index in [1.165, 1.54) is 7.11 Å². The second-order valence-corrected chi connectivity index (χ2v) is 8.69. The third-order valence-corrected chi connectivity index (χ3v) is 6.13. The van der Waals surface area contributed by atoms with Crippen LogP contribution >= 0.6 is 0 Å². The second kappa shape index (κ2) is 12.8. The molecule has 1 aliphatic heterocycles. The van der Waals surface area contributed by atoms with Gasteiger partial charge in [0, 0.05) is 32.5 Å². The number of hydrogen-bond donors (Lipinski definition) is 1. The molecule has 0 amide bonds. The fraction of sp³-hybridized carbons (Fsp3) is 0.870. The lowest BCUT2D eigenvalue weighted by molar-refractivity contribution is -0.227. The molecule has 0 aromatic carbocycles. The van der Waals surface area contributed by atoms with Gasteiger partial charge in [-0.2, -0.15) is 0 Å². The molecule has 0 radical (unpaired) electrons. The van der Waals surface area contributed by atoms with E-state index in [0.717, 1.165) is 45.1 Å². The van der Waals surface area contributed by atoms with Crippen LogP contribution in [-0.4, -0.2) is 62.8 Å². The van der Waals surface area contributed by atoms with Crippen LogP contribution in [0.25, 0.3) is 0 Å². The van der Waals surface area contributed by atoms with Crippen molar-refractivity contribution in [2.45, 2.75) is 89.5 Å². The summed E-state index contributed by atoms with van der Waals surface area (Å²) in [6.07, 6.45) is 9.83. The van der Waals surface area contributed by atoms with Gasteiger partial charge in [-0.25, -0.2) is 0 Å². The number of ether oxygens (including phenoxy) is 5. The maximum absolute atomic E-state index is 11.2. The molecule has 1 aliphatic carbocycles. The summed E-state index contributed by atoms with van der Waals surface area (Å²) in [5.74, 6) is -0.770. The van der Waals surface area contributed by atoms with Gasteiger partial charge in [-0.1, -0.05) is 12.2 Å². The van der Waals surface area contributed by atoms with Gasteiger partial charge in [-0.3, -0.25) is 4.79 Å². The number of allylic oxidation sites excluding steroid dienone is 2. The molecule has 1 saturated heterocycles. The third-order valence-electron chi connectivity index (χ3n) is 6.13. The SMILES string of the molecule is COC(=O)CCC/C=C\C[C@@H]1[C@@H](COC(C)(C)OC)[C@H](OC2CCCCO2)C[C@@H]1O. The van der Waals surface area contributed by atoms with E-state index in [0.29, 0.717) is 19.4 Å². The van der Waals surface area contributed by atoms with Gasteiger partial charge < -0.3 is 28.8 Å². The summed E-state index contributed by atoms with van der Waals surface area (Å²) in [4.78, 5) is 11.2. The molecule has 5 atom stereocenters. The highest BCUT2D eigenvalue weighted by Crippen LogP contribution is 2.39. The predicted octanol–water partition coefficient (Wildman–Crippen LogP) is 3.58. The molecule has 0 bridgehead atoms. The Morgan fingerprint density at radius 3 is 2.67 bits per heavy atom. The normalized spacial score (nSPS) is 30.1. The molecule has 30 heavy (non-hydrogen) atoms. The lowest BCUT2D eigenvalue weighted by Gasteiger charge is -2.32. The molecular formula is C23H40O7. The van der Waals surface area contributed by atoms with Crippen LogP contribution in [0.3, 0.4) is 0 Å². The summed E-state index contributed by atoms with van der Waals surface area (Å²) in [5, 5.41) is 10.8. The number of carbonyl (C=O) groups excluding carboxylic acids is 1. The van der Waals surface area contributed by atoms with Crippen molar-refractivity contribution in [2.24, 2.45) is 11.8 Å². The highest BCUT2D eigenvalue weighted by Gasteiger charge is 2.44. The minimum absolute atomic E-state index is 0.0445. The largest absolute Gasteiger partial charge is 0.469 e. The Hall–Kier alpha value is -0.990. The summed E-state index contributed by atoms with van der Waals surface area (Å²) in [5.41, 5.74) is 0. The first-order valence-corrected chi connectivity index (χ1v) is 11.2. The van der Waals surface area contributed by atoms with Gasteiger partial charge in [-0.05, 0) is 58.3 Å². The van der Waals surface area contributed by atoms with Crippen LogP contribution in [0.2, 0.25) is 0 Å². The van der Waals surface area contributed by atoms with Crippen LogP contribution in [0.4, 0.5) is 0 Å². The summed E-state index contributed by atoms with van der Waals surface area (Å²) in [6, 6.07) is 0. The molecule has 0 spiro atoms. The van der Waals surface area contributed by atoms with Crippen LogP contribution < -0.4 is 0 Å². The molecule has 1 N–H and O–H groups in total. The van der Waals surface area contributed by atoms with E-state index in [1.54, 1.807) is 7.11 Å². The Labute approximate surface area is 181 Å². The maximum Gasteiger partial charge on any atom is 0.305 e. The maximum atomic E-state index is 11.2. The fourth-order valence-electron chi connectivity index (χ4n) is 4.07. The number of methoxy groups -OCH3 is 2. The van der Waals surface area contributed by atoms with Crippen molar-refractivity contribution in [3.8, 4) is 0 Å². The van der Waals surface area contributed by atoms with Gasteiger partial charge in [0.1, 0.15) is 0 Å². The monoisotopic (exact) mass is 428 g/mol. The van der Waals surface area contributed by atoms with Crippen molar-refractivity contribution in [3.05, 3.63) is 12.2 Å². The number of esters is 1. The summed E-state index contributed by atoms with van der Waals surface area (Å²) in [7, 11) is 3.03. The molecular weight excluding hydrogens is 388 g/mol. The zero-order chi connectivity index (χ0) is 22.0. The van der Waals surface area contributed by atoms with Crippen molar-refractivity contribution >= 4 is 5.97 Å². The average Bonchev–Trinajstić information content (AvgIpc) is 3.03. The van der Waals surface area contributed by atoms with Crippen molar-refractivity contribution in [2.75, 3.05) is 27.4 Å². The molecule has 174 valence electrons. The van der Waals surface area contributed by atoms with E-state index < -0.39 is 11.9 Å². The van der Waals surface area contributed by atoms with Gasteiger partial charge in [-0.15, -0.1) is 0 Å². The quantitative estimate of drug-likeness (QED) is 0.220. The zero-order valence-corrected chi connectivity index (χ0v) is 19.0. The minimum Gasteiger partial charge on any atom is -0.469 e. The van der Waals surface area contributed by atoms with E-state index in [-0.39, 0.29) is 30.2 Å². The van der Waals surface area contributed by atoms with Crippen molar-refractivity contribution < 1.29 is 33.6 Å². The lowest BCUT2D eigenvalue weighted by Crippen LogP contribution is -2.37. The Morgan fingerprint density at radius 2 is 2.00 bits per heavy atom. The molecule has 0 aromatic rings. The third kappa shape index (κ3) is 8.27. The van der Waals surface area contributed by atoms with E-state index in [1.807, 2.05) is 13.8 Å². The smallest absolute Gasteiger partial charge is 0.305 e. The highest BCUT2D eigenvalue weighted by atomic mass is 16.7. The number of aliphatic hydroxyl groups is 1. The number of hydrogen-bond acceptors (Lipinski definition) is 7. The van der Waals surface area contributed by atoms with Crippen LogP contribution in [0.1, 0.15) is 65.2 Å². The Bertz CT molecular complexity index is 528. The first-order valence-electron chi connectivity index (χ1n) is 11.2. The minimum atomic E-state index is -0.687. The number of rotatable bonds is 12. The zero-order valence-electron chi connectivity index (χ0n) is 19.0. The van der Waals surface area contributed by atoms with Crippen molar-refractivity contribution in [1.82, 2.24) is 0 Å². The van der Waals surface area contributed by atoms with E-state index in [9.17, 15) is 9.90 Å². The Kier molecular flexibility index (Phi) is 10.8. The summed E-state index contributed by atoms with van der Waals surface area (Å²) in [6.45, 7) is 4.95. The van der Waals surface area contributed by atoms with Crippen LogP contribution in [-0.2, 0) is 28.5 Å². The number of carbonyl (C=O) groups is 1. The van der Waals surface area contributed by atoms with Crippen LogP contribution in [0.15, 0.2) is 12.2 Å². The molecule has 2 fully saturated rings. The first-order chi connectivity index (χ1) is 14.4. The second-order valence-electron chi connectivity index (χ2n) is 8.69. The van der Waals surface area contributed by atoms with E-state index in [4.69, 9.17) is 18.9 Å². The number of aliphatic hydroxyl groups excluding tert-OH is 1. The van der Waals surface area contributed by atoms with Gasteiger partial charge in [0.15, 0.2) is 12.1 Å². The van der Waals surface area contributed by atoms with Crippen molar-refractivity contribution in [3.63, 3.8) is 0 Å². The first kappa shape index (κ1) is 25.3. The van der Waals surface area contributed by atoms with Crippen LogP contribution in [0.5, 0.6) is 0 Å². The molecule has 1 saturated carbocycles. The number of unbranched alkanes of at least 4 members (excludes halogenated alkanes) is 1. The standard InChI is InChI=1S/C23H40O7/c1-23(2,27-4)29-16-18-17(11-7-5-6-8-12-21(25)26-3)19(24)15-20(18)30-22-13-9-10-14-28-22/h5,7,17-20,22,24H,6,8-16H2,1-4H3/b7-5-/t17-,18-,19+,20-,22?/m1/s1. The lowest BCUT2D eigenvalue weighted by atomic mass is 9.90. The molecule has 7 heteroatoms. The fourth-order valence-corrected chi connectivity index (χ4v) is 4.07. The highest BCUT2D eigenvalue weighted by molar-refractivity contribution is 5.69. The molecule has 1 unspecified atom stereocenters. The summed E-state index contributed by atoms with van der Waals surface area (Å²) < 4.78 is 28.1. The van der Waals surface area contributed by atoms with Gasteiger partial charge in [0.2, 0.25) is 0 Å². The Morgan fingerprint density at radius 1 is 1.20 bits per heavy atom. The molecule has 0 aromatic heterocycles. The van der Waals surface area contributed by atoms with E-state index >= 15 is 0 Å². The molecule has 2 rings (SSSR count). The predicted molar refractivity (Wildman–Crippen MR) is 113 cm³/mol. The van der Waals surface area contributed by atoms with Crippen LogP contribution in [0, 0.1) is 11.8 Å². The summed E-state index contributed by atoms with van der Waals surface area (Å²) >= 11 is 0. The Balaban J connectivity index is 1.93. The molecule has 7 nitrogen and oxygen atoms in total. The molecule has 1 heterocycles. The topological polar surface area (TPSA) is 83.5 Å². The molecule has 2 aliphatic rings. The van der Waals surface area contributed by atoms with Gasteiger partial charge >= 0.3 is 5.97 Å². The van der Waals surface area contributed by atoms with E-state index in [2.05, 4.69) is 16.9 Å². The van der Waals surface area contributed by atoms with Gasteiger partial charge in [0.25, 0.3) is 0 Å². The van der Waals surface area contributed by atoms with Crippen molar-refractivity contribution in [1.29, 1.82) is 0 Å². The van der Waals surface area contributed by atoms with Gasteiger partial charge in [0.05, 0.1) is 25.9 Å².